The SMILES string of the molecule is CCOc1ccccc1NC(=O)CSc1ccc(NC(=O)/C(=C/c2c[nH]c3ccccc23)NC(=O)c2ccccc2)cc1. The van der Waals surface area contributed by atoms with Gasteiger partial charge >= 0.3 is 0 Å². The van der Waals surface area contributed by atoms with Crippen LogP contribution >= 0.6 is 11.8 Å². The third-order valence-corrected chi connectivity index (χ3v) is 7.41. The third-order valence-electron chi connectivity index (χ3n) is 6.39. The summed E-state index contributed by atoms with van der Waals surface area (Å²) >= 11 is 1.37. The maximum atomic E-state index is 13.4. The molecule has 0 radical (unpaired) electrons. The molecule has 5 aromatic rings. The van der Waals surface area contributed by atoms with Crippen molar-refractivity contribution in [2.45, 2.75) is 11.8 Å². The van der Waals surface area contributed by atoms with Crippen molar-refractivity contribution in [3.05, 3.63) is 126 Å². The number of nitrogens with one attached hydrogen (secondary N) is 4. The van der Waals surface area contributed by atoms with Gasteiger partial charge in [0, 0.05) is 38.8 Å². The van der Waals surface area contributed by atoms with Crippen LogP contribution in [0.2, 0.25) is 0 Å². The van der Waals surface area contributed by atoms with E-state index in [0.29, 0.717) is 29.3 Å². The number of amides is 3. The highest BCUT2D eigenvalue weighted by Gasteiger charge is 2.16. The molecule has 0 saturated heterocycles. The number of carbonyl (C=O) groups excluding carboxylic acids is 3. The number of carbonyl (C=O) groups is 3. The Morgan fingerprint density at radius 2 is 1.56 bits per heavy atom. The van der Waals surface area contributed by atoms with Crippen LogP contribution in [0.4, 0.5) is 11.4 Å². The van der Waals surface area contributed by atoms with Crippen molar-refractivity contribution >= 4 is 57.8 Å². The van der Waals surface area contributed by atoms with Gasteiger partial charge in [-0.05, 0) is 67.6 Å². The zero-order valence-electron chi connectivity index (χ0n) is 23.4. The van der Waals surface area contributed by atoms with Crippen molar-refractivity contribution in [3.63, 3.8) is 0 Å². The molecule has 0 aliphatic heterocycles. The fourth-order valence-corrected chi connectivity index (χ4v) is 5.03. The van der Waals surface area contributed by atoms with Gasteiger partial charge in [-0.2, -0.15) is 0 Å². The molecule has 9 heteroatoms. The van der Waals surface area contributed by atoms with E-state index >= 15 is 0 Å². The Labute approximate surface area is 253 Å². The summed E-state index contributed by atoms with van der Waals surface area (Å²) in [4.78, 5) is 43.0. The summed E-state index contributed by atoms with van der Waals surface area (Å²) in [6.07, 6.45) is 3.45. The number of thioether (sulfide) groups is 1. The lowest BCUT2D eigenvalue weighted by molar-refractivity contribution is -0.114. The van der Waals surface area contributed by atoms with E-state index in [2.05, 4.69) is 20.9 Å². The number of rotatable bonds is 11. The van der Waals surface area contributed by atoms with Crippen LogP contribution in [0.1, 0.15) is 22.8 Å². The molecular formula is C34H30N4O4S. The van der Waals surface area contributed by atoms with Gasteiger partial charge in [0.25, 0.3) is 11.8 Å². The summed E-state index contributed by atoms with van der Waals surface area (Å²) in [6, 6.07) is 30.9. The molecule has 1 heterocycles. The fraction of sp³-hybridized carbons (Fsp3) is 0.0882. The molecule has 0 atom stereocenters. The summed E-state index contributed by atoms with van der Waals surface area (Å²) in [7, 11) is 0. The van der Waals surface area contributed by atoms with Gasteiger partial charge < -0.3 is 25.7 Å². The lowest BCUT2D eigenvalue weighted by Gasteiger charge is -2.12. The standard InChI is InChI=1S/C34H30N4O4S/c1-2-42-31-15-9-8-14-29(31)37-32(39)22-43-26-18-16-25(17-19-26)36-34(41)30(38-33(40)23-10-4-3-5-11-23)20-24-21-35-28-13-7-6-12-27(24)28/h3-21,35H,2,22H2,1H3,(H,36,41)(H,37,39)(H,38,40)/b30-20-. The smallest absolute Gasteiger partial charge is 0.272 e. The third kappa shape index (κ3) is 7.72. The number of aromatic nitrogens is 1. The van der Waals surface area contributed by atoms with Crippen LogP contribution in [0.5, 0.6) is 5.75 Å². The van der Waals surface area contributed by atoms with Gasteiger partial charge in [-0.25, -0.2) is 0 Å². The summed E-state index contributed by atoms with van der Waals surface area (Å²) in [6.45, 7) is 2.40. The Bertz CT molecular complexity index is 1760. The first-order valence-corrected chi connectivity index (χ1v) is 14.7. The molecule has 8 nitrogen and oxygen atoms in total. The van der Waals surface area contributed by atoms with Gasteiger partial charge in [-0.15, -0.1) is 11.8 Å². The van der Waals surface area contributed by atoms with E-state index < -0.39 is 11.8 Å². The predicted molar refractivity (Wildman–Crippen MR) is 172 cm³/mol. The van der Waals surface area contributed by atoms with Gasteiger partial charge in [0.2, 0.25) is 5.91 Å². The lowest BCUT2D eigenvalue weighted by atomic mass is 10.1. The van der Waals surface area contributed by atoms with Crippen molar-refractivity contribution in [1.82, 2.24) is 10.3 Å². The van der Waals surface area contributed by atoms with E-state index in [9.17, 15) is 14.4 Å². The molecule has 0 aliphatic rings. The van der Waals surface area contributed by atoms with Gasteiger partial charge in [-0.3, -0.25) is 14.4 Å². The highest BCUT2D eigenvalue weighted by Crippen LogP contribution is 2.26. The number of para-hydroxylation sites is 3. The quantitative estimate of drug-likeness (QED) is 0.101. The zero-order chi connectivity index (χ0) is 30.0. The maximum absolute atomic E-state index is 13.4. The Hall–Kier alpha value is -5.28. The van der Waals surface area contributed by atoms with Crippen LogP contribution in [0, 0.1) is 0 Å². The number of hydrogen-bond acceptors (Lipinski definition) is 5. The molecular weight excluding hydrogens is 560 g/mol. The Balaban J connectivity index is 1.25. The van der Waals surface area contributed by atoms with Crippen LogP contribution in [-0.4, -0.2) is 35.1 Å². The normalized spacial score (nSPS) is 11.1. The van der Waals surface area contributed by atoms with Crippen molar-refractivity contribution in [1.29, 1.82) is 0 Å². The van der Waals surface area contributed by atoms with Crippen LogP contribution in [0.3, 0.4) is 0 Å². The average molecular weight is 591 g/mol. The fourth-order valence-electron chi connectivity index (χ4n) is 4.33. The molecule has 4 N–H and O–H groups in total. The Kier molecular flexibility index (Phi) is 9.56. The van der Waals surface area contributed by atoms with Crippen LogP contribution in [0.25, 0.3) is 17.0 Å². The van der Waals surface area contributed by atoms with Crippen LogP contribution < -0.4 is 20.7 Å². The van der Waals surface area contributed by atoms with Crippen LogP contribution in [0.15, 0.2) is 120 Å². The molecule has 0 unspecified atom stereocenters. The molecule has 5 rings (SSSR count). The highest BCUT2D eigenvalue weighted by atomic mass is 32.2. The zero-order valence-corrected chi connectivity index (χ0v) is 24.2. The first kappa shape index (κ1) is 29.2. The summed E-state index contributed by atoms with van der Waals surface area (Å²) in [5, 5.41) is 9.45. The monoisotopic (exact) mass is 590 g/mol. The van der Waals surface area contributed by atoms with Crippen molar-refractivity contribution < 1.29 is 19.1 Å². The van der Waals surface area contributed by atoms with Crippen molar-refractivity contribution in [3.8, 4) is 5.75 Å². The molecule has 0 aliphatic carbocycles. The van der Waals surface area contributed by atoms with Crippen molar-refractivity contribution in [2.75, 3.05) is 23.0 Å². The van der Waals surface area contributed by atoms with E-state index in [-0.39, 0.29) is 17.4 Å². The minimum Gasteiger partial charge on any atom is -0.492 e. The number of ether oxygens (including phenoxy) is 1. The minimum atomic E-state index is -0.470. The topological polar surface area (TPSA) is 112 Å². The predicted octanol–water partition coefficient (Wildman–Crippen LogP) is 6.71. The Morgan fingerprint density at radius 1 is 0.837 bits per heavy atom. The molecule has 4 aromatic carbocycles. The van der Waals surface area contributed by atoms with Gasteiger partial charge in [0.1, 0.15) is 11.4 Å². The Morgan fingerprint density at radius 3 is 2.35 bits per heavy atom. The van der Waals surface area contributed by atoms with Crippen LogP contribution in [-0.2, 0) is 9.59 Å². The van der Waals surface area contributed by atoms with E-state index in [4.69, 9.17) is 4.74 Å². The van der Waals surface area contributed by atoms with Gasteiger partial charge in [0.05, 0.1) is 18.0 Å². The molecule has 0 spiro atoms. The number of H-pyrrole nitrogens is 1. The summed E-state index contributed by atoms with van der Waals surface area (Å²) < 4.78 is 5.57. The second kappa shape index (κ2) is 14.1. The molecule has 43 heavy (non-hydrogen) atoms. The second-order valence-electron chi connectivity index (χ2n) is 9.41. The van der Waals surface area contributed by atoms with E-state index in [1.54, 1.807) is 54.7 Å². The molecule has 0 saturated carbocycles. The number of fused-ring (bicyclic) bond motifs is 1. The molecule has 0 bridgehead atoms. The van der Waals surface area contributed by atoms with Crippen molar-refractivity contribution in [2.24, 2.45) is 0 Å². The lowest BCUT2D eigenvalue weighted by Crippen LogP contribution is -2.30. The molecule has 1 aromatic heterocycles. The second-order valence-corrected chi connectivity index (χ2v) is 10.5. The number of aromatic amines is 1. The molecule has 0 fully saturated rings. The molecule has 3 amide bonds. The average Bonchev–Trinajstić information content (AvgIpc) is 3.44. The largest absolute Gasteiger partial charge is 0.492 e. The highest BCUT2D eigenvalue weighted by molar-refractivity contribution is 8.00. The number of benzene rings is 4. The first-order valence-electron chi connectivity index (χ1n) is 13.7. The summed E-state index contributed by atoms with van der Waals surface area (Å²) in [5.74, 6) is -0.190. The van der Waals surface area contributed by atoms with E-state index in [1.165, 1.54) is 11.8 Å². The van der Waals surface area contributed by atoms with Gasteiger partial charge in [-0.1, -0.05) is 48.5 Å². The minimum absolute atomic E-state index is 0.0982. The number of hydrogen-bond donors (Lipinski definition) is 4. The number of anilines is 2. The molecule has 216 valence electrons. The van der Waals surface area contributed by atoms with E-state index in [1.807, 2.05) is 67.6 Å². The first-order chi connectivity index (χ1) is 21.0. The van der Waals surface area contributed by atoms with E-state index in [0.717, 1.165) is 21.4 Å². The maximum Gasteiger partial charge on any atom is 0.272 e. The summed E-state index contributed by atoms with van der Waals surface area (Å²) in [5.41, 5.74) is 3.39. The van der Waals surface area contributed by atoms with Gasteiger partial charge in [0.15, 0.2) is 0 Å².